The van der Waals surface area contributed by atoms with Crippen molar-refractivity contribution in [3.63, 3.8) is 0 Å². The summed E-state index contributed by atoms with van der Waals surface area (Å²) in [4.78, 5) is 5.65. The Kier molecular flexibility index (Phi) is 10.2. The van der Waals surface area contributed by atoms with Crippen molar-refractivity contribution < 1.29 is 0 Å². The molecule has 0 fully saturated rings. The first-order valence-corrected chi connectivity index (χ1v) is 22.4. The van der Waals surface area contributed by atoms with Crippen LogP contribution in [-0.4, -0.2) is 5.71 Å². The minimum absolute atomic E-state index is 0.449. The zero-order valence-corrected chi connectivity index (χ0v) is 36.0. The molecular weight excluding hydrogens is 771 g/mol. The number of aliphatic imine (C=N–C) groups is 1. The van der Waals surface area contributed by atoms with Gasteiger partial charge in [-0.1, -0.05) is 231 Å². The average molecular weight is 818 g/mol. The predicted molar refractivity (Wildman–Crippen MR) is 269 cm³/mol. The fourth-order valence-electron chi connectivity index (χ4n) is 10.3. The van der Waals surface area contributed by atoms with E-state index in [1.165, 1.54) is 83.5 Å². The maximum Gasteiger partial charge on any atom is 0.0740 e. The molecule has 9 aromatic carbocycles. The minimum atomic E-state index is -0.449. The van der Waals surface area contributed by atoms with Gasteiger partial charge < -0.3 is 0 Å². The Morgan fingerprint density at radius 1 is 0.375 bits per heavy atom. The zero-order valence-electron chi connectivity index (χ0n) is 36.0. The zero-order chi connectivity index (χ0) is 42.9. The lowest BCUT2D eigenvalue weighted by molar-refractivity contribution is 0.768. The third-order valence-corrected chi connectivity index (χ3v) is 13.3. The number of nitrogens with zero attached hydrogens (tertiary/aromatic N) is 1. The molecule has 1 heterocycles. The van der Waals surface area contributed by atoms with Crippen LogP contribution in [0.2, 0.25) is 0 Å². The number of fused-ring (bicyclic) bond motifs is 3. The highest BCUT2D eigenvalue weighted by molar-refractivity contribution is 6.07. The van der Waals surface area contributed by atoms with Crippen LogP contribution in [0, 0.1) is 0 Å². The molecule has 0 unspecified atom stereocenters. The van der Waals surface area contributed by atoms with Crippen LogP contribution in [0.15, 0.2) is 253 Å². The van der Waals surface area contributed by atoms with E-state index in [0.717, 1.165) is 35.4 Å². The Labute approximate surface area is 377 Å². The van der Waals surface area contributed by atoms with Crippen molar-refractivity contribution in [2.75, 3.05) is 0 Å². The number of hydrogen-bond donors (Lipinski definition) is 0. The van der Waals surface area contributed by atoms with E-state index >= 15 is 0 Å². The van der Waals surface area contributed by atoms with Gasteiger partial charge in [-0.25, -0.2) is 0 Å². The van der Waals surface area contributed by atoms with Gasteiger partial charge in [-0.05, 0) is 121 Å². The summed E-state index contributed by atoms with van der Waals surface area (Å²) in [6.07, 6.45) is 4.12. The number of benzene rings is 9. The van der Waals surface area contributed by atoms with E-state index in [1.807, 2.05) is 0 Å². The smallest absolute Gasteiger partial charge is 0.0740 e. The van der Waals surface area contributed by atoms with Gasteiger partial charge in [-0.2, -0.15) is 0 Å². The largest absolute Gasteiger partial charge is 0.252 e. The second-order valence-corrected chi connectivity index (χ2v) is 16.9. The average Bonchev–Trinajstić information content (AvgIpc) is 3.68. The first kappa shape index (κ1) is 39.0. The van der Waals surface area contributed by atoms with Crippen molar-refractivity contribution >= 4 is 17.0 Å². The molecule has 0 amide bonds. The molecular formula is C63H47N. The lowest BCUT2D eigenvalue weighted by Crippen LogP contribution is -2.28. The summed E-state index contributed by atoms with van der Waals surface area (Å²) >= 11 is 0. The molecule has 1 aliphatic carbocycles. The standard InChI is InChI=1S/C63H47N/c1-44-55(50-25-16-24-49(42-50)47-40-38-46(39-41-47)45-20-6-2-7-21-45)33-19-37-60(64-62(44)48-22-8-3-9-23-48)52-27-17-26-51(43-52)56-34-18-36-59-61(56)57-32-14-15-35-58(57)63(59,53-28-10-4-11-29-53)54-30-12-5-13-31-54/h2-18,20-36,38-43H,19,37H2,1H3/b55-33+,62-44-,64-60+. The SMILES string of the molecule is CC1=C(c2ccccc2)/N=C(/c2cccc(-c3cccc4c3-c3ccccc3C4(c3ccccc3)c3ccccc3)c2)CC/C=C\1c1cccc(-c2ccc(-c3ccccc3)cc2)c1. The fourth-order valence-corrected chi connectivity index (χ4v) is 10.3. The summed E-state index contributed by atoms with van der Waals surface area (Å²) in [6, 6.07) is 86.3. The molecule has 11 rings (SSSR count). The predicted octanol–water partition coefficient (Wildman–Crippen LogP) is 16.1. The van der Waals surface area contributed by atoms with Crippen LogP contribution in [-0.2, 0) is 5.41 Å². The number of rotatable bonds is 8. The van der Waals surface area contributed by atoms with Gasteiger partial charge in [0.1, 0.15) is 0 Å². The third kappa shape index (κ3) is 6.87. The Hall–Kier alpha value is -7.87. The van der Waals surface area contributed by atoms with E-state index in [2.05, 4.69) is 250 Å². The van der Waals surface area contributed by atoms with Crippen LogP contribution in [0.5, 0.6) is 0 Å². The van der Waals surface area contributed by atoms with Crippen LogP contribution in [0.1, 0.15) is 58.7 Å². The first-order valence-electron chi connectivity index (χ1n) is 22.4. The van der Waals surface area contributed by atoms with Crippen LogP contribution in [0.3, 0.4) is 0 Å². The van der Waals surface area contributed by atoms with Gasteiger partial charge in [0.05, 0.1) is 11.1 Å². The Morgan fingerprint density at radius 3 is 1.53 bits per heavy atom. The summed E-state index contributed by atoms with van der Waals surface area (Å²) in [5, 5.41) is 0. The van der Waals surface area contributed by atoms with Crippen molar-refractivity contribution in [1.29, 1.82) is 0 Å². The van der Waals surface area contributed by atoms with Crippen LogP contribution in [0.25, 0.3) is 55.8 Å². The monoisotopic (exact) mass is 817 g/mol. The summed E-state index contributed by atoms with van der Waals surface area (Å²) in [6.45, 7) is 2.24. The molecule has 1 heteroatoms. The summed E-state index contributed by atoms with van der Waals surface area (Å²) in [7, 11) is 0. The molecule has 0 bridgehead atoms. The summed E-state index contributed by atoms with van der Waals surface area (Å²) in [5.41, 5.74) is 22.6. The second-order valence-electron chi connectivity index (χ2n) is 16.9. The highest BCUT2D eigenvalue weighted by atomic mass is 14.8. The van der Waals surface area contributed by atoms with Crippen LogP contribution in [0.4, 0.5) is 0 Å². The highest BCUT2D eigenvalue weighted by Crippen LogP contribution is 2.58. The molecule has 0 saturated carbocycles. The van der Waals surface area contributed by atoms with Gasteiger partial charge in [-0.15, -0.1) is 0 Å². The van der Waals surface area contributed by atoms with Crippen molar-refractivity contribution in [2.24, 2.45) is 4.99 Å². The van der Waals surface area contributed by atoms with E-state index < -0.39 is 5.41 Å². The van der Waals surface area contributed by atoms with Crippen LogP contribution >= 0.6 is 0 Å². The molecule has 304 valence electrons. The van der Waals surface area contributed by atoms with E-state index in [1.54, 1.807) is 0 Å². The van der Waals surface area contributed by atoms with Crippen molar-refractivity contribution in [1.82, 2.24) is 0 Å². The maximum absolute atomic E-state index is 5.65. The van der Waals surface area contributed by atoms with Gasteiger partial charge in [0.15, 0.2) is 0 Å². The molecule has 0 aromatic heterocycles. The third-order valence-electron chi connectivity index (χ3n) is 13.3. The summed E-state index contributed by atoms with van der Waals surface area (Å²) in [5.74, 6) is 0. The molecule has 0 spiro atoms. The van der Waals surface area contributed by atoms with Gasteiger partial charge in [0.2, 0.25) is 0 Å². The quantitative estimate of drug-likeness (QED) is 0.145. The molecule has 0 saturated heterocycles. The van der Waals surface area contributed by atoms with Crippen LogP contribution < -0.4 is 0 Å². The summed E-state index contributed by atoms with van der Waals surface area (Å²) < 4.78 is 0. The van der Waals surface area contributed by atoms with Crippen molar-refractivity contribution in [3.05, 3.63) is 287 Å². The van der Waals surface area contributed by atoms with Gasteiger partial charge in [-0.3, -0.25) is 4.99 Å². The lowest BCUT2D eigenvalue weighted by atomic mass is 9.67. The Balaban J connectivity index is 1.00. The molecule has 0 atom stereocenters. The van der Waals surface area contributed by atoms with Gasteiger partial charge >= 0.3 is 0 Å². The molecule has 0 radical (unpaired) electrons. The Morgan fingerprint density at radius 2 is 0.844 bits per heavy atom. The molecule has 2 aliphatic rings. The minimum Gasteiger partial charge on any atom is -0.252 e. The van der Waals surface area contributed by atoms with Gasteiger partial charge in [0.25, 0.3) is 0 Å². The normalized spacial score (nSPS) is 16.9. The Bertz CT molecular complexity index is 3190. The molecule has 1 aliphatic heterocycles. The van der Waals surface area contributed by atoms with Gasteiger partial charge in [0, 0.05) is 11.3 Å². The first-order chi connectivity index (χ1) is 31.7. The topological polar surface area (TPSA) is 12.4 Å². The van der Waals surface area contributed by atoms with Crippen molar-refractivity contribution in [2.45, 2.75) is 25.2 Å². The molecule has 64 heavy (non-hydrogen) atoms. The maximum atomic E-state index is 5.65. The second kappa shape index (κ2) is 16.8. The van der Waals surface area contributed by atoms with E-state index in [4.69, 9.17) is 4.99 Å². The van der Waals surface area contributed by atoms with E-state index in [0.29, 0.717) is 0 Å². The fraction of sp³-hybridized carbons (Fsp3) is 0.0635. The van der Waals surface area contributed by atoms with E-state index in [-0.39, 0.29) is 0 Å². The van der Waals surface area contributed by atoms with E-state index in [9.17, 15) is 0 Å². The number of allylic oxidation sites excluding steroid dienone is 3. The lowest BCUT2D eigenvalue weighted by Gasteiger charge is -2.34. The highest BCUT2D eigenvalue weighted by Gasteiger charge is 2.46. The molecule has 1 nitrogen and oxygen atoms in total. The molecule has 0 N–H and O–H groups in total. The van der Waals surface area contributed by atoms with Crippen molar-refractivity contribution in [3.8, 4) is 44.5 Å². The number of hydrogen-bond acceptors (Lipinski definition) is 1. The molecule has 9 aromatic rings.